The number of anilines is 1. The molecule has 4 heterocycles. The molecule has 0 saturated carbocycles. The largest absolute Gasteiger partial charge is 0.265 e. The highest BCUT2D eigenvalue weighted by atomic mass is 32.1. The lowest BCUT2D eigenvalue weighted by atomic mass is 10.0. The number of hydrogen-bond donors (Lipinski definition) is 0. The molecule has 0 N–H and O–H groups in total. The zero-order chi connectivity index (χ0) is 19.1. The highest BCUT2D eigenvalue weighted by Gasteiger charge is 2.28. The standard InChI is InChI=1S/C21H18N6S/c1-14-12-18-19(17-6-4-3-5-7-17)25-26(13-16-8-10-22-11-9-16)21-24-23-15(2)27(21)20(18)28-14/h3-12H,13H2,1-2H3. The smallest absolute Gasteiger partial charge is 0.253 e. The van der Waals surface area contributed by atoms with E-state index in [2.05, 4.69) is 44.9 Å². The van der Waals surface area contributed by atoms with E-state index < -0.39 is 0 Å². The maximum absolute atomic E-state index is 5.06. The van der Waals surface area contributed by atoms with Gasteiger partial charge in [-0.15, -0.1) is 21.5 Å². The van der Waals surface area contributed by atoms with Gasteiger partial charge < -0.3 is 0 Å². The van der Waals surface area contributed by atoms with E-state index in [1.165, 1.54) is 4.88 Å². The first kappa shape index (κ1) is 16.8. The molecule has 0 saturated heterocycles. The maximum atomic E-state index is 5.06. The average molecular weight is 386 g/mol. The number of hydrogen-bond acceptors (Lipinski definition) is 6. The van der Waals surface area contributed by atoms with Crippen LogP contribution in [0.4, 0.5) is 5.95 Å². The summed E-state index contributed by atoms with van der Waals surface area (Å²) < 4.78 is 2.10. The maximum Gasteiger partial charge on any atom is 0.253 e. The minimum atomic E-state index is 0.588. The molecule has 28 heavy (non-hydrogen) atoms. The Morgan fingerprint density at radius 2 is 1.75 bits per heavy atom. The molecule has 3 aromatic heterocycles. The molecule has 1 aromatic carbocycles. The summed E-state index contributed by atoms with van der Waals surface area (Å²) in [6.45, 7) is 4.69. The van der Waals surface area contributed by atoms with Crippen LogP contribution in [0, 0.1) is 13.8 Å². The number of hydrazone groups is 1. The molecule has 0 radical (unpaired) electrons. The third-order valence-corrected chi connectivity index (χ3v) is 5.72. The zero-order valence-electron chi connectivity index (χ0n) is 15.6. The van der Waals surface area contributed by atoms with Crippen molar-refractivity contribution in [3.63, 3.8) is 0 Å². The fourth-order valence-corrected chi connectivity index (χ4v) is 4.44. The van der Waals surface area contributed by atoms with Gasteiger partial charge in [0.2, 0.25) is 0 Å². The van der Waals surface area contributed by atoms with Crippen LogP contribution >= 0.6 is 11.3 Å². The Hall–Kier alpha value is -3.32. The Morgan fingerprint density at radius 3 is 2.54 bits per heavy atom. The molecular formula is C21H18N6S. The first-order valence-electron chi connectivity index (χ1n) is 9.04. The van der Waals surface area contributed by atoms with Crippen molar-refractivity contribution in [2.75, 3.05) is 5.01 Å². The lowest BCUT2D eigenvalue weighted by Gasteiger charge is -2.17. The molecule has 0 aliphatic carbocycles. The number of thiophene rings is 1. The highest BCUT2D eigenvalue weighted by molar-refractivity contribution is 7.15. The minimum Gasteiger partial charge on any atom is -0.265 e. The van der Waals surface area contributed by atoms with Gasteiger partial charge in [-0.25, -0.2) is 5.01 Å². The minimum absolute atomic E-state index is 0.588. The SMILES string of the molecule is Cc1cc2c(s1)-n1c(C)nnc1N(Cc1ccncc1)N=C2c1ccccc1. The van der Waals surface area contributed by atoms with Crippen molar-refractivity contribution < 1.29 is 0 Å². The number of rotatable bonds is 3. The molecule has 6 nitrogen and oxygen atoms in total. The van der Waals surface area contributed by atoms with Crippen LogP contribution in [-0.4, -0.2) is 25.5 Å². The molecule has 0 unspecified atom stereocenters. The van der Waals surface area contributed by atoms with Gasteiger partial charge in [0.15, 0.2) is 0 Å². The summed E-state index contributed by atoms with van der Waals surface area (Å²) >= 11 is 1.74. The second kappa shape index (κ2) is 6.69. The summed E-state index contributed by atoms with van der Waals surface area (Å²) in [6, 6.07) is 16.5. The van der Waals surface area contributed by atoms with Gasteiger partial charge in [-0.05, 0) is 37.6 Å². The van der Waals surface area contributed by atoms with Crippen molar-refractivity contribution in [3.8, 4) is 5.00 Å². The molecule has 1 aliphatic heterocycles. The number of benzene rings is 1. The number of aryl methyl sites for hydroxylation is 2. The van der Waals surface area contributed by atoms with Crippen molar-refractivity contribution in [1.29, 1.82) is 0 Å². The lowest BCUT2D eigenvalue weighted by Crippen LogP contribution is -2.20. The molecule has 1 aliphatic rings. The van der Waals surface area contributed by atoms with E-state index in [0.29, 0.717) is 6.54 Å². The third kappa shape index (κ3) is 2.80. The van der Waals surface area contributed by atoms with Crippen LogP contribution in [0.3, 0.4) is 0 Å². The number of nitrogens with zero attached hydrogens (tertiary/aromatic N) is 6. The molecule has 0 atom stereocenters. The summed E-state index contributed by atoms with van der Waals surface area (Å²) in [6.07, 6.45) is 3.59. The van der Waals surface area contributed by atoms with Crippen molar-refractivity contribution in [2.24, 2.45) is 5.10 Å². The van der Waals surface area contributed by atoms with Gasteiger partial charge in [-0.1, -0.05) is 30.3 Å². The first-order valence-corrected chi connectivity index (χ1v) is 9.86. The van der Waals surface area contributed by atoms with Crippen LogP contribution in [0.5, 0.6) is 0 Å². The number of pyridine rings is 1. The average Bonchev–Trinajstić information content (AvgIpc) is 3.25. The second-order valence-electron chi connectivity index (χ2n) is 6.69. The van der Waals surface area contributed by atoms with Crippen LogP contribution in [-0.2, 0) is 6.54 Å². The van der Waals surface area contributed by atoms with E-state index in [1.807, 2.05) is 42.3 Å². The molecule has 0 fully saturated rings. The van der Waals surface area contributed by atoms with Gasteiger partial charge in [0.05, 0.1) is 6.54 Å². The molecule has 138 valence electrons. The van der Waals surface area contributed by atoms with Crippen LogP contribution in [0.25, 0.3) is 5.00 Å². The van der Waals surface area contributed by atoms with E-state index in [1.54, 1.807) is 23.7 Å². The molecule has 4 aromatic rings. The monoisotopic (exact) mass is 386 g/mol. The van der Waals surface area contributed by atoms with E-state index >= 15 is 0 Å². The Bertz CT molecular complexity index is 1160. The Balaban J connectivity index is 1.74. The van der Waals surface area contributed by atoms with Gasteiger partial charge >= 0.3 is 0 Å². The zero-order valence-corrected chi connectivity index (χ0v) is 16.4. The van der Waals surface area contributed by atoms with E-state index in [9.17, 15) is 0 Å². The van der Waals surface area contributed by atoms with Crippen LogP contribution < -0.4 is 5.01 Å². The van der Waals surface area contributed by atoms with Gasteiger partial charge in [0.25, 0.3) is 5.95 Å². The summed E-state index contributed by atoms with van der Waals surface area (Å²) in [4.78, 5) is 5.35. The van der Waals surface area contributed by atoms with Crippen molar-refractivity contribution >= 4 is 23.0 Å². The molecule has 5 rings (SSSR count). The van der Waals surface area contributed by atoms with Gasteiger partial charge in [0, 0.05) is 28.4 Å². The molecule has 0 spiro atoms. The van der Waals surface area contributed by atoms with E-state index in [4.69, 9.17) is 5.10 Å². The normalized spacial score (nSPS) is 12.9. The molecule has 0 bridgehead atoms. The van der Waals surface area contributed by atoms with Crippen molar-refractivity contribution in [1.82, 2.24) is 19.7 Å². The second-order valence-corrected chi connectivity index (χ2v) is 7.92. The van der Waals surface area contributed by atoms with Gasteiger partial charge in [-0.3, -0.25) is 9.55 Å². The van der Waals surface area contributed by atoms with Gasteiger partial charge in [-0.2, -0.15) is 5.10 Å². The quantitative estimate of drug-likeness (QED) is 0.532. The first-order chi connectivity index (χ1) is 13.7. The van der Waals surface area contributed by atoms with E-state index in [-0.39, 0.29) is 0 Å². The Labute approximate surface area is 166 Å². The predicted molar refractivity (Wildman–Crippen MR) is 111 cm³/mol. The van der Waals surface area contributed by atoms with Crippen LogP contribution in [0.15, 0.2) is 66.0 Å². The van der Waals surface area contributed by atoms with Crippen LogP contribution in [0.2, 0.25) is 0 Å². The molecular weight excluding hydrogens is 368 g/mol. The summed E-state index contributed by atoms with van der Waals surface area (Å²) in [5.41, 5.74) is 4.24. The fraction of sp³-hybridized carbons (Fsp3) is 0.143. The van der Waals surface area contributed by atoms with Crippen LogP contribution in [0.1, 0.15) is 27.4 Å². The number of aromatic nitrogens is 4. The Kier molecular flexibility index (Phi) is 4.02. The fourth-order valence-electron chi connectivity index (χ4n) is 3.39. The molecule has 7 heteroatoms. The summed E-state index contributed by atoms with van der Waals surface area (Å²) in [5, 5.41) is 16.9. The summed E-state index contributed by atoms with van der Waals surface area (Å²) in [7, 11) is 0. The van der Waals surface area contributed by atoms with E-state index in [0.717, 1.165) is 39.2 Å². The predicted octanol–water partition coefficient (Wildman–Crippen LogP) is 4.11. The Morgan fingerprint density at radius 1 is 0.964 bits per heavy atom. The summed E-state index contributed by atoms with van der Waals surface area (Å²) in [5.74, 6) is 1.57. The third-order valence-electron chi connectivity index (χ3n) is 4.68. The molecule has 0 amide bonds. The van der Waals surface area contributed by atoms with Gasteiger partial charge in [0.1, 0.15) is 16.5 Å². The lowest BCUT2D eigenvalue weighted by molar-refractivity contribution is 0.797. The van der Waals surface area contributed by atoms with Crippen molar-refractivity contribution in [3.05, 3.63) is 88.3 Å². The van der Waals surface area contributed by atoms with Crippen molar-refractivity contribution in [2.45, 2.75) is 20.4 Å². The highest BCUT2D eigenvalue weighted by Crippen LogP contribution is 2.35. The number of fused-ring (bicyclic) bond motifs is 3. The topological polar surface area (TPSA) is 59.2 Å².